The molecule has 2 heteroatoms. The maximum Gasteiger partial charge on any atom is 0.124 e. The first-order valence-electron chi connectivity index (χ1n) is 7.66. The van der Waals surface area contributed by atoms with Gasteiger partial charge in [-0.05, 0) is 42.6 Å². The second-order valence-corrected chi connectivity index (χ2v) is 5.33. The molecule has 0 heterocycles. The zero-order valence-electron chi connectivity index (χ0n) is 13.4. The van der Waals surface area contributed by atoms with Gasteiger partial charge in [0.15, 0.2) is 0 Å². The minimum atomic E-state index is 0.164. The van der Waals surface area contributed by atoms with Crippen LogP contribution in [0.25, 0.3) is 0 Å². The Morgan fingerprint density at radius 3 is 2.57 bits per heavy atom. The molecule has 2 nitrogen and oxygen atoms in total. The summed E-state index contributed by atoms with van der Waals surface area (Å²) in [5, 5.41) is 3.58. The molecule has 1 N–H and O–H groups in total. The van der Waals surface area contributed by atoms with Gasteiger partial charge in [-0.2, -0.15) is 0 Å². The van der Waals surface area contributed by atoms with E-state index < -0.39 is 0 Å². The SMILES string of the molecule is CCNC(c1cccc(CC)c1)c1ccc(C)cc1OC. The van der Waals surface area contributed by atoms with Crippen LogP contribution in [0.4, 0.5) is 0 Å². The third-order valence-corrected chi connectivity index (χ3v) is 3.80. The van der Waals surface area contributed by atoms with Crippen LogP contribution >= 0.6 is 0 Å². The number of hydrogen-bond donors (Lipinski definition) is 1. The van der Waals surface area contributed by atoms with Gasteiger partial charge >= 0.3 is 0 Å². The van der Waals surface area contributed by atoms with Crippen LogP contribution < -0.4 is 10.1 Å². The molecule has 0 fully saturated rings. The van der Waals surface area contributed by atoms with E-state index in [1.165, 1.54) is 22.3 Å². The Hall–Kier alpha value is -1.80. The van der Waals surface area contributed by atoms with Crippen molar-refractivity contribution in [2.75, 3.05) is 13.7 Å². The van der Waals surface area contributed by atoms with Gasteiger partial charge in [0.2, 0.25) is 0 Å². The van der Waals surface area contributed by atoms with E-state index >= 15 is 0 Å². The van der Waals surface area contributed by atoms with E-state index in [-0.39, 0.29) is 6.04 Å². The van der Waals surface area contributed by atoms with Crippen LogP contribution in [0.1, 0.15) is 42.1 Å². The van der Waals surface area contributed by atoms with E-state index in [2.05, 4.69) is 68.6 Å². The maximum absolute atomic E-state index is 5.59. The standard InChI is InChI=1S/C19H25NO/c1-5-15-8-7-9-16(13-15)19(20-6-2)17-11-10-14(3)12-18(17)21-4/h7-13,19-20H,5-6H2,1-4H3. The van der Waals surface area contributed by atoms with Gasteiger partial charge in [0.05, 0.1) is 13.2 Å². The van der Waals surface area contributed by atoms with E-state index in [0.29, 0.717) is 0 Å². The molecule has 0 amide bonds. The summed E-state index contributed by atoms with van der Waals surface area (Å²) in [6.45, 7) is 7.33. The summed E-state index contributed by atoms with van der Waals surface area (Å²) in [7, 11) is 1.74. The fourth-order valence-electron chi connectivity index (χ4n) is 2.66. The largest absolute Gasteiger partial charge is 0.496 e. The normalized spacial score (nSPS) is 12.2. The molecule has 21 heavy (non-hydrogen) atoms. The first kappa shape index (κ1) is 15.6. The maximum atomic E-state index is 5.59. The molecule has 0 radical (unpaired) electrons. The van der Waals surface area contributed by atoms with E-state index in [9.17, 15) is 0 Å². The topological polar surface area (TPSA) is 21.3 Å². The molecule has 0 aliphatic rings. The van der Waals surface area contributed by atoms with Gasteiger partial charge in [-0.1, -0.05) is 50.2 Å². The molecule has 0 aliphatic heterocycles. The monoisotopic (exact) mass is 283 g/mol. The highest BCUT2D eigenvalue weighted by molar-refractivity contribution is 5.44. The molecule has 0 saturated carbocycles. The molecule has 1 unspecified atom stereocenters. The van der Waals surface area contributed by atoms with Crippen molar-refractivity contribution < 1.29 is 4.74 Å². The van der Waals surface area contributed by atoms with Gasteiger partial charge in [-0.15, -0.1) is 0 Å². The van der Waals surface area contributed by atoms with Crippen molar-refractivity contribution in [1.29, 1.82) is 0 Å². The number of nitrogens with one attached hydrogen (secondary N) is 1. The van der Waals surface area contributed by atoms with Crippen molar-refractivity contribution in [3.05, 3.63) is 64.7 Å². The molecular weight excluding hydrogens is 258 g/mol. The zero-order chi connectivity index (χ0) is 15.2. The summed E-state index contributed by atoms with van der Waals surface area (Å²) in [6, 6.07) is 15.4. The van der Waals surface area contributed by atoms with Crippen molar-refractivity contribution >= 4 is 0 Å². The van der Waals surface area contributed by atoms with Crippen molar-refractivity contribution in [2.24, 2.45) is 0 Å². The summed E-state index contributed by atoms with van der Waals surface area (Å²) >= 11 is 0. The van der Waals surface area contributed by atoms with Crippen LogP contribution in [0.5, 0.6) is 5.75 Å². The Morgan fingerprint density at radius 2 is 1.90 bits per heavy atom. The molecule has 0 bridgehead atoms. The molecule has 2 aromatic carbocycles. The number of ether oxygens (including phenoxy) is 1. The second-order valence-electron chi connectivity index (χ2n) is 5.33. The Kier molecular flexibility index (Phi) is 5.40. The van der Waals surface area contributed by atoms with E-state index in [1.807, 2.05) is 0 Å². The van der Waals surface area contributed by atoms with Gasteiger partial charge in [-0.3, -0.25) is 0 Å². The van der Waals surface area contributed by atoms with E-state index in [0.717, 1.165) is 18.7 Å². The van der Waals surface area contributed by atoms with Crippen molar-refractivity contribution in [3.8, 4) is 5.75 Å². The van der Waals surface area contributed by atoms with Crippen LogP contribution in [0.2, 0.25) is 0 Å². The highest BCUT2D eigenvalue weighted by Gasteiger charge is 2.17. The molecule has 2 rings (SSSR count). The Labute approximate surface area is 128 Å². The third kappa shape index (κ3) is 3.64. The number of aryl methyl sites for hydroxylation is 2. The number of rotatable bonds is 6. The Bertz CT molecular complexity index is 592. The zero-order valence-corrected chi connectivity index (χ0v) is 13.4. The number of methoxy groups -OCH3 is 1. The lowest BCUT2D eigenvalue weighted by Crippen LogP contribution is -2.22. The van der Waals surface area contributed by atoms with Gasteiger partial charge in [0.25, 0.3) is 0 Å². The summed E-state index contributed by atoms with van der Waals surface area (Å²) in [4.78, 5) is 0. The average Bonchev–Trinajstić information content (AvgIpc) is 2.53. The van der Waals surface area contributed by atoms with Crippen LogP contribution in [0, 0.1) is 6.92 Å². The highest BCUT2D eigenvalue weighted by Crippen LogP contribution is 2.31. The molecule has 0 aromatic heterocycles. The molecule has 112 valence electrons. The smallest absolute Gasteiger partial charge is 0.124 e. The van der Waals surface area contributed by atoms with Crippen molar-refractivity contribution in [2.45, 2.75) is 33.2 Å². The number of benzene rings is 2. The molecular formula is C19H25NO. The van der Waals surface area contributed by atoms with Crippen LogP contribution in [0.3, 0.4) is 0 Å². The molecule has 2 aromatic rings. The molecule has 0 saturated heterocycles. The van der Waals surface area contributed by atoms with Gasteiger partial charge in [0, 0.05) is 5.56 Å². The fourth-order valence-corrected chi connectivity index (χ4v) is 2.66. The fraction of sp³-hybridized carbons (Fsp3) is 0.368. The molecule has 0 aliphatic carbocycles. The molecule has 1 atom stereocenters. The first-order valence-corrected chi connectivity index (χ1v) is 7.66. The predicted molar refractivity (Wildman–Crippen MR) is 89.1 cm³/mol. The first-order chi connectivity index (χ1) is 10.2. The van der Waals surface area contributed by atoms with Crippen LogP contribution in [-0.4, -0.2) is 13.7 Å². The predicted octanol–water partition coefficient (Wildman–Crippen LogP) is 4.26. The van der Waals surface area contributed by atoms with Gasteiger partial charge in [0.1, 0.15) is 5.75 Å². The summed E-state index contributed by atoms with van der Waals surface area (Å²) in [5.41, 5.74) is 5.06. The van der Waals surface area contributed by atoms with Crippen LogP contribution in [0.15, 0.2) is 42.5 Å². The quantitative estimate of drug-likeness (QED) is 0.855. The minimum absolute atomic E-state index is 0.164. The summed E-state index contributed by atoms with van der Waals surface area (Å²) in [6.07, 6.45) is 1.05. The third-order valence-electron chi connectivity index (χ3n) is 3.80. The van der Waals surface area contributed by atoms with E-state index in [4.69, 9.17) is 4.74 Å². The van der Waals surface area contributed by atoms with Gasteiger partial charge in [-0.25, -0.2) is 0 Å². The van der Waals surface area contributed by atoms with Crippen molar-refractivity contribution in [3.63, 3.8) is 0 Å². The van der Waals surface area contributed by atoms with Crippen LogP contribution in [-0.2, 0) is 6.42 Å². The van der Waals surface area contributed by atoms with Gasteiger partial charge < -0.3 is 10.1 Å². The van der Waals surface area contributed by atoms with E-state index in [1.54, 1.807) is 7.11 Å². The Morgan fingerprint density at radius 1 is 1.10 bits per heavy atom. The average molecular weight is 283 g/mol. The Balaban J connectivity index is 2.47. The minimum Gasteiger partial charge on any atom is -0.496 e. The summed E-state index contributed by atoms with van der Waals surface area (Å²) < 4.78 is 5.59. The lowest BCUT2D eigenvalue weighted by molar-refractivity contribution is 0.404. The lowest BCUT2D eigenvalue weighted by atomic mass is 9.95. The lowest BCUT2D eigenvalue weighted by Gasteiger charge is -2.22. The van der Waals surface area contributed by atoms with Crippen molar-refractivity contribution in [1.82, 2.24) is 5.32 Å². The number of hydrogen-bond acceptors (Lipinski definition) is 2. The highest BCUT2D eigenvalue weighted by atomic mass is 16.5. The summed E-state index contributed by atoms with van der Waals surface area (Å²) in [5.74, 6) is 0.947. The molecule has 0 spiro atoms. The second kappa shape index (κ2) is 7.28.